The van der Waals surface area contributed by atoms with Crippen LogP contribution in [0.2, 0.25) is 0 Å². The average Bonchev–Trinajstić information content (AvgIpc) is 2.96. The smallest absolute Gasteiger partial charge is 0.245 e. The zero-order chi connectivity index (χ0) is 17.1. The van der Waals surface area contributed by atoms with E-state index in [-0.39, 0.29) is 30.6 Å². The molecule has 3 rings (SSSR count). The van der Waals surface area contributed by atoms with E-state index in [0.29, 0.717) is 19.5 Å². The van der Waals surface area contributed by atoms with Gasteiger partial charge in [0.1, 0.15) is 6.04 Å². The van der Waals surface area contributed by atoms with Crippen molar-refractivity contribution in [3.8, 4) is 0 Å². The molecule has 6 nitrogen and oxygen atoms in total. The number of nitrogens with zero attached hydrogens (tertiary/aromatic N) is 3. The molecule has 0 aromatic heterocycles. The number of hydrogen-bond donors (Lipinski definition) is 0. The minimum absolute atomic E-state index is 0.103. The number of hydrogen-bond acceptors (Lipinski definition) is 4. The van der Waals surface area contributed by atoms with Gasteiger partial charge < -0.3 is 9.80 Å². The molecule has 0 aliphatic carbocycles. The molecule has 2 fully saturated rings. The zero-order valence-corrected chi connectivity index (χ0v) is 14.0. The maximum absolute atomic E-state index is 12.8. The van der Waals surface area contributed by atoms with E-state index in [0.717, 1.165) is 18.8 Å². The highest BCUT2D eigenvalue weighted by atomic mass is 16.2. The van der Waals surface area contributed by atoms with E-state index in [1.807, 2.05) is 25.1 Å². The summed E-state index contributed by atoms with van der Waals surface area (Å²) in [6.45, 7) is 4.59. The van der Waals surface area contributed by atoms with Crippen LogP contribution < -0.4 is 4.90 Å². The first-order chi connectivity index (χ1) is 11.6. The van der Waals surface area contributed by atoms with Gasteiger partial charge in [0.05, 0.1) is 0 Å². The van der Waals surface area contributed by atoms with Crippen molar-refractivity contribution in [1.82, 2.24) is 9.80 Å². The van der Waals surface area contributed by atoms with E-state index in [1.54, 1.807) is 4.90 Å². The maximum atomic E-state index is 12.8. The number of likely N-dealkylation sites (tertiary alicyclic amines) is 1. The molecule has 0 N–H and O–H groups in total. The Morgan fingerprint density at radius 2 is 1.58 bits per heavy atom. The molecule has 0 radical (unpaired) electrons. The molecule has 1 atom stereocenters. The van der Waals surface area contributed by atoms with Crippen molar-refractivity contribution in [1.29, 1.82) is 0 Å². The van der Waals surface area contributed by atoms with Gasteiger partial charge in [0.15, 0.2) is 0 Å². The first-order valence-corrected chi connectivity index (χ1v) is 8.55. The van der Waals surface area contributed by atoms with Gasteiger partial charge in [-0.15, -0.1) is 0 Å². The highest BCUT2D eigenvalue weighted by Gasteiger charge is 2.39. The minimum Gasteiger partial charge on any atom is -0.368 e. The first kappa shape index (κ1) is 16.5. The van der Waals surface area contributed by atoms with Crippen LogP contribution in [0.1, 0.15) is 26.2 Å². The van der Waals surface area contributed by atoms with E-state index in [2.05, 4.69) is 17.0 Å². The summed E-state index contributed by atoms with van der Waals surface area (Å²) in [5.41, 5.74) is 1.15. The van der Waals surface area contributed by atoms with Gasteiger partial charge in [-0.25, -0.2) is 0 Å². The number of amides is 3. The van der Waals surface area contributed by atoms with Crippen LogP contribution >= 0.6 is 0 Å². The van der Waals surface area contributed by atoms with E-state index in [9.17, 15) is 14.4 Å². The Balaban J connectivity index is 1.64. The molecule has 0 saturated carbocycles. The van der Waals surface area contributed by atoms with Gasteiger partial charge in [-0.1, -0.05) is 25.1 Å². The van der Waals surface area contributed by atoms with Crippen molar-refractivity contribution in [2.24, 2.45) is 0 Å². The third kappa shape index (κ3) is 3.13. The number of rotatable bonds is 4. The molecule has 1 unspecified atom stereocenters. The summed E-state index contributed by atoms with van der Waals surface area (Å²) in [5.74, 6) is -0.542. The molecule has 1 aromatic carbocycles. The Morgan fingerprint density at radius 1 is 1.00 bits per heavy atom. The minimum atomic E-state index is -0.643. The fourth-order valence-electron chi connectivity index (χ4n) is 3.44. The first-order valence-electron chi connectivity index (χ1n) is 8.55. The van der Waals surface area contributed by atoms with Crippen molar-refractivity contribution in [3.05, 3.63) is 30.3 Å². The van der Waals surface area contributed by atoms with E-state index in [4.69, 9.17) is 0 Å². The molecule has 3 amide bonds. The van der Waals surface area contributed by atoms with Crippen molar-refractivity contribution in [2.45, 2.75) is 32.2 Å². The standard InChI is InChI=1S/C18H23N3O3/c1-2-15(21-16(22)8-9-17(21)23)18(24)20-12-10-19(11-13-20)14-6-4-3-5-7-14/h3-7,15H,2,8-13H2,1H3. The summed E-state index contributed by atoms with van der Waals surface area (Å²) in [4.78, 5) is 41.9. The number of carbonyl (C=O) groups excluding carboxylic acids is 3. The quantitative estimate of drug-likeness (QED) is 0.781. The van der Waals surface area contributed by atoms with Gasteiger partial charge in [0, 0.05) is 44.7 Å². The molecule has 128 valence electrons. The topological polar surface area (TPSA) is 60.9 Å². The van der Waals surface area contributed by atoms with Crippen LogP contribution in [-0.2, 0) is 14.4 Å². The number of imide groups is 1. The molecule has 0 spiro atoms. The van der Waals surface area contributed by atoms with E-state index >= 15 is 0 Å². The molecule has 2 aliphatic rings. The molecule has 2 aliphatic heterocycles. The van der Waals surface area contributed by atoms with Crippen LogP contribution in [-0.4, -0.2) is 59.7 Å². The second-order valence-corrected chi connectivity index (χ2v) is 6.23. The summed E-state index contributed by atoms with van der Waals surface area (Å²) in [6.07, 6.45) is 0.921. The van der Waals surface area contributed by atoms with Crippen LogP contribution in [0.25, 0.3) is 0 Å². The lowest BCUT2D eigenvalue weighted by Crippen LogP contribution is -2.55. The summed E-state index contributed by atoms with van der Waals surface area (Å²) in [5, 5.41) is 0. The summed E-state index contributed by atoms with van der Waals surface area (Å²) in [6, 6.07) is 9.48. The van der Waals surface area contributed by atoms with Gasteiger partial charge >= 0.3 is 0 Å². The normalized spacial score (nSPS) is 19.8. The lowest BCUT2D eigenvalue weighted by atomic mass is 10.1. The highest BCUT2D eigenvalue weighted by Crippen LogP contribution is 2.21. The maximum Gasteiger partial charge on any atom is 0.245 e. The molecule has 0 bridgehead atoms. The fourth-order valence-corrected chi connectivity index (χ4v) is 3.44. The summed E-state index contributed by atoms with van der Waals surface area (Å²) < 4.78 is 0. The molecular formula is C18H23N3O3. The van der Waals surface area contributed by atoms with Gasteiger partial charge in [0.2, 0.25) is 17.7 Å². The van der Waals surface area contributed by atoms with Crippen molar-refractivity contribution < 1.29 is 14.4 Å². The van der Waals surface area contributed by atoms with E-state index in [1.165, 1.54) is 4.90 Å². The van der Waals surface area contributed by atoms with Crippen LogP contribution in [0, 0.1) is 0 Å². The van der Waals surface area contributed by atoms with Crippen LogP contribution in [0.4, 0.5) is 5.69 Å². The summed E-state index contributed by atoms with van der Waals surface area (Å²) >= 11 is 0. The Bertz CT molecular complexity index is 608. The predicted molar refractivity (Wildman–Crippen MR) is 90.4 cm³/mol. The summed E-state index contributed by atoms with van der Waals surface area (Å²) in [7, 11) is 0. The van der Waals surface area contributed by atoms with Crippen molar-refractivity contribution in [2.75, 3.05) is 31.1 Å². The lowest BCUT2D eigenvalue weighted by Gasteiger charge is -2.38. The molecule has 2 heterocycles. The highest BCUT2D eigenvalue weighted by molar-refractivity contribution is 6.05. The van der Waals surface area contributed by atoms with Crippen LogP contribution in [0.3, 0.4) is 0 Å². The largest absolute Gasteiger partial charge is 0.368 e. The van der Waals surface area contributed by atoms with Crippen molar-refractivity contribution in [3.63, 3.8) is 0 Å². The van der Waals surface area contributed by atoms with Gasteiger partial charge in [-0.05, 0) is 18.6 Å². The van der Waals surface area contributed by atoms with Crippen LogP contribution in [0.5, 0.6) is 0 Å². The Morgan fingerprint density at radius 3 is 2.12 bits per heavy atom. The van der Waals surface area contributed by atoms with Crippen molar-refractivity contribution >= 4 is 23.4 Å². The monoisotopic (exact) mass is 329 g/mol. The Kier molecular flexibility index (Phi) is 4.83. The Hall–Kier alpha value is -2.37. The van der Waals surface area contributed by atoms with Gasteiger partial charge in [-0.2, -0.15) is 0 Å². The second kappa shape index (κ2) is 7.03. The van der Waals surface area contributed by atoms with Crippen LogP contribution in [0.15, 0.2) is 30.3 Å². The fraction of sp³-hybridized carbons (Fsp3) is 0.500. The second-order valence-electron chi connectivity index (χ2n) is 6.23. The van der Waals surface area contributed by atoms with Gasteiger partial charge in [-0.3, -0.25) is 19.3 Å². The predicted octanol–water partition coefficient (Wildman–Crippen LogP) is 1.26. The third-order valence-corrected chi connectivity index (χ3v) is 4.79. The molecule has 2 saturated heterocycles. The average molecular weight is 329 g/mol. The zero-order valence-electron chi connectivity index (χ0n) is 14.0. The molecule has 24 heavy (non-hydrogen) atoms. The third-order valence-electron chi connectivity index (χ3n) is 4.79. The molecule has 6 heteroatoms. The van der Waals surface area contributed by atoms with Gasteiger partial charge in [0.25, 0.3) is 0 Å². The SMILES string of the molecule is CCC(C(=O)N1CCN(c2ccccc2)CC1)N1C(=O)CCC1=O. The number of piperazine rings is 1. The number of anilines is 1. The molecule has 1 aromatic rings. The number of para-hydroxylation sites is 1. The number of benzene rings is 1. The molecular weight excluding hydrogens is 306 g/mol. The number of carbonyl (C=O) groups is 3. The Labute approximate surface area is 142 Å². The van der Waals surface area contributed by atoms with E-state index < -0.39 is 6.04 Å². The lowest BCUT2D eigenvalue weighted by molar-refractivity contribution is -0.151.